The Morgan fingerprint density at radius 2 is 1.50 bits per heavy atom. The average Bonchev–Trinajstić information content (AvgIpc) is 2.54. The predicted octanol–water partition coefficient (Wildman–Crippen LogP) is 5.47. The first-order valence-electron chi connectivity index (χ1n) is 9.42. The molecule has 3 aliphatic rings. The highest BCUT2D eigenvalue weighted by atomic mass is 16.7. The molecule has 0 atom stereocenters. The summed E-state index contributed by atoms with van der Waals surface area (Å²) < 4.78 is 12.3. The molecule has 2 nitrogen and oxygen atoms in total. The fourth-order valence-electron chi connectivity index (χ4n) is 4.42. The minimum atomic E-state index is -0.225. The van der Waals surface area contributed by atoms with Crippen LogP contribution in [0.5, 0.6) is 0 Å². The van der Waals surface area contributed by atoms with Crippen LogP contribution in [0.25, 0.3) is 0 Å². The van der Waals surface area contributed by atoms with Gasteiger partial charge in [0.1, 0.15) is 0 Å². The van der Waals surface area contributed by atoms with Crippen LogP contribution in [0.2, 0.25) is 0 Å². The minimum Gasteiger partial charge on any atom is -0.349 e. The Morgan fingerprint density at radius 3 is 2.05 bits per heavy atom. The van der Waals surface area contributed by atoms with Gasteiger partial charge in [-0.25, -0.2) is 0 Å². The maximum Gasteiger partial charge on any atom is 0.168 e. The SMILES string of the molecule is CC=C1CCC(CC2CCC3(CC2)OCC(C)(C)CO3)CC1. The second kappa shape index (κ2) is 6.65. The topological polar surface area (TPSA) is 18.5 Å². The molecule has 3 fully saturated rings. The molecule has 3 rings (SSSR count). The molecule has 2 aliphatic carbocycles. The van der Waals surface area contributed by atoms with Crippen LogP contribution >= 0.6 is 0 Å². The van der Waals surface area contributed by atoms with Crippen LogP contribution in [0.4, 0.5) is 0 Å². The number of hydrogen-bond acceptors (Lipinski definition) is 2. The first-order valence-corrected chi connectivity index (χ1v) is 9.42. The van der Waals surface area contributed by atoms with Crippen molar-refractivity contribution in [2.24, 2.45) is 17.3 Å². The molecule has 0 N–H and O–H groups in total. The second-order valence-corrected chi connectivity index (χ2v) is 8.72. The number of rotatable bonds is 2. The van der Waals surface area contributed by atoms with Gasteiger partial charge in [-0.1, -0.05) is 25.5 Å². The van der Waals surface area contributed by atoms with Crippen LogP contribution in [0, 0.1) is 17.3 Å². The lowest BCUT2D eigenvalue weighted by Gasteiger charge is -2.47. The van der Waals surface area contributed by atoms with E-state index in [0.717, 1.165) is 37.9 Å². The van der Waals surface area contributed by atoms with Gasteiger partial charge in [0.05, 0.1) is 13.2 Å². The molecule has 2 saturated carbocycles. The van der Waals surface area contributed by atoms with Crippen molar-refractivity contribution in [1.29, 1.82) is 0 Å². The summed E-state index contributed by atoms with van der Waals surface area (Å²) >= 11 is 0. The van der Waals surface area contributed by atoms with Crippen molar-refractivity contribution in [2.75, 3.05) is 13.2 Å². The van der Waals surface area contributed by atoms with Crippen molar-refractivity contribution in [3.05, 3.63) is 11.6 Å². The van der Waals surface area contributed by atoms with E-state index in [1.165, 1.54) is 44.9 Å². The third-order valence-electron chi connectivity index (χ3n) is 6.14. The normalized spacial score (nSPS) is 32.1. The van der Waals surface area contributed by atoms with Crippen LogP contribution in [0.3, 0.4) is 0 Å². The molecule has 0 radical (unpaired) electrons. The number of allylic oxidation sites excluding steroid dienone is 2. The van der Waals surface area contributed by atoms with Gasteiger partial charge in [0, 0.05) is 18.3 Å². The average molecular weight is 306 g/mol. The lowest BCUT2D eigenvalue weighted by molar-refractivity contribution is -0.312. The Labute approximate surface area is 136 Å². The van der Waals surface area contributed by atoms with E-state index in [1.54, 1.807) is 5.57 Å². The third-order valence-corrected chi connectivity index (χ3v) is 6.14. The number of ether oxygens (including phenoxy) is 2. The van der Waals surface area contributed by atoms with E-state index in [4.69, 9.17) is 9.47 Å². The van der Waals surface area contributed by atoms with Crippen LogP contribution < -0.4 is 0 Å². The Balaban J connectivity index is 1.43. The summed E-state index contributed by atoms with van der Waals surface area (Å²) in [7, 11) is 0. The molecular weight excluding hydrogens is 272 g/mol. The van der Waals surface area contributed by atoms with Gasteiger partial charge >= 0.3 is 0 Å². The maximum atomic E-state index is 6.16. The zero-order valence-electron chi connectivity index (χ0n) is 14.8. The van der Waals surface area contributed by atoms with E-state index in [0.29, 0.717) is 0 Å². The van der Waals surface area contributed by atoms with Gasteiger partial charge < -0.3 is 9.47 Å². The van der Waals surface area contributed by atoms with Crippen molar-refractivity contribution in [1.82, 2.24) is 0 Å². The largest absolute Gasteiger partial charge is 0.349 e. The Kier molecular flexibility index (Phi) is 4.99. The minimum absolute atomic E-state index is 0.189. The van der Waals surface area contributed by atoms with E-state index < -0.39 is 0 Å². The van der Waals surface area contributed by atoms with Gasteiger partial charge in [-0.15, -0.1) is 0 Å². The molecule has 0 aromatic rings. The summed E-state index contributed by atoms with van der Waals surface area (Å²) in [5.41, 5.74) is 1.87. The maximum absolute atomic E-state index is 6.16. The summed E-state index contributed by atoms with van der Waals surface area (Å²) in [4.78, 5) is 0. The zero-order valence-corrected chi connectivity index (χ0v) is 14.8. The first kappa shape index (κ1) is 16.5. The third kappa shape index (κ3) is 3.94. The van der Waals surface area contributed by atoms with E-state index in [2.05, 4.69) is 26.8 Å². The van der Waals surface area contributed by atoms with Crippen LogP contribution in [0.15, 0.2) is 11.6 Å². The van der Waals surface area contributed by atoms with Crippen molar-refractivity contribution >= 4 is 0 Å². The lowest BCUT2D eigenvalue weighted by Crippen LogP contribution is -2.49. The highest BCUT2D eigenvalue weighted by Gasteiger charge is 2.43. The second-order valence-electron chi connectivity index (χ2n) is 8.72. The van der Waals surface area contributed by atoms with Gasteiger partial charge in [0.15, 0.2) is 5.79 Å². The first-order chi connectivity index (χ1) is 10.5. The van der Waals surface area contributed by atoms with Crippen LogP contribution in [-0.4, -0.2) is 19.0 Å². The molecular formula is C20H34O2. The van der Waals surface area contributed by atoms with Crippen LogP contribution in [0.1, 0.15) is 78.6 Å². The quantitative estimate of drug-likeness (QED) is 0.630. The highest BCUT2D eigenvalue weighted by molar-refractivity contribution is 5.03. The Morgan fingerprint density at radius 1 is 0.955 bits per heavy atom. The highest BCUT2D eigenvalue weighted by Crippen LogP contribution is 2.44. The lowest BCUT2D eigenvalue weighted by atomic mass is 9.75. The van der Waals surface area contributed by atoms with Crippen molar-refractivity contribution in [3.8, 4) is 0 Å². The molecule has 1 spiro atoms. The molecule has 0 bridgehead atoms. The molecule has 0 aromatic carbocycles. The van der Waals surface area contributed by atoms with Crippen molar-refractivity contribution < 1.29 is 9.47 Å². The molecule has 0 amide bonds. The molecule has 1 aliphatic heterocycles. The number of hydrogen-bond donors (Lipinski definition) is 0. The molecule has 0 aromatic heterocycles. The molecule has 22 heavy (non-hydrogen) atoms. The van der Waals surface area contributed by atoms with Crippen molar-refractivity contribution in [3.63, 3.8) is 0 Å². The monoisotopic (exact) mass is 306 g/mol. The van der Waals surface area contributed by atoms with Gasteiger partial charge in [0.2, 0.25) is 0 Å². The standard InChI is InChI=1S/C20H34O2/c1-4-16-5-7-17(8-6-16)13-18-9-11-20(12-10-18)21-14-19(2,3)15-22-20/h4,17-18H,5-15H2,1-3H3. The molecule has 1 saturated heterocycles. The molecule has 0 unspecified atom stereocenters. The molecule has 1 heterocycles. The van der Waals surface area contributed by atoms with Gasteiger partial charge in [0.25, 0.3) is 0 Å². The van der Waals surface area contributed by atoms with Gasteiger partial charge in [-0.2, -0.15) is 0 Å². The van der Waals surface area contributed by atoms with Gasteiger partial charge in [-0.05, 0) is 63.7 Å². The molecule has 126 valence electrons. The zero-order chi connectivity index (χ0) is 15.6. The van der Waals surface area contributed by atoms with Crippen LogP contribution in [-0.2, 0) is 9.47 Å². The van der Waals surface area contributed by atoms with Gasteiger partial charge in [-0.3, -0.25) is 0 Å². The molecule has 2 heteroatoms. The van der Waals surface area contributed by atoms with E-state index in [-0.39, 0.29) is 11.2 Å². The fraction of sp³-hybridized carbons (Fsp3) is 0.900. The Hall–Kier alpha value is -0.340. The summed E-state index contributed by atoms with van der Waals surface area (Å²) in [5.74, 6) is 1.65. The summed E-state index contributed by atoms with van der Waals surface area (Å²) in [6.45, 7) is 8.36. The van der Waals surface area contributed by atoms with Crippen molar-refractivity contribution in [2.45, 2.75) is 84.3 Å². The fourth-order valence-corrected chi connectivity index (χ4v) is 4.42. The predicted molar refractivity (Wildman–Crippen MR) is 90.7 cm³/mol. The smallest absolute Gasteiger partial charge is 0.168 e. The summed E-state index contributed by atoms with van der Waals surface area (Å²) in [6, 6.07) is 0. The van der Waals surface area contributed by atoms with E-state index in [1.807, 2.05) is 0 Å². The summed E-state index contributed by atoms with van der Waals surface area (Å²) in [6.07, 6.45) is 14.1. The van der Waals surface area contributed by atoms with E-state index >= 15 is 0 Å². The Bertz CT molecular complexity index is 380. The summed E-state index contributed by atoms with van der Waals surface area (Å²) in [5, 5.41) is 0. The van der Waals surface area contributed by atoms with E-state index in [9.17, 15) is 0 Å².